The molecule has 188 valence electrons. The molecule has 0 bridgehead atoms. The maximum atomic E-state index is 13.0. The molecule has 0 saturated heterocycles. The number of fused-ring (bicyclic) bond motifs is 3. The van der Waals surface area contributed by atoms with Gasteiger partial charge >= 0.3 is 18.2 Å². The number of carboxylic acids is 1. The third-order valence-corrected chi connectivity index (χ3v) is 5.97. The van der Waals surface area contributed by atoms with Gasteiger partial charge in [-0.15, -0.1) is 0 Å². The van der Waals surface area contributed by atoms with Crippen molar-refractivity contribution in [2.75, 3.05) is 6.61 Å². The van der Waals surface area contributed by atoms with Crippen LogP contribution in [0.5, 0.6) is 0 Å². The molecule has 10 heteroatoms. The Morgan fingerprint density at radius 3 is 1.97 bits per heavy atom. The molecule has 2 atom stereocenters. The van der Waals surface area contributed by atoms with Gasteiger partial charge < -0.3 is 20.5 Å². The van der Waals surface area contributed by atoms with Crippen molar-refractivity contribution >= 4 is 18.0 Å². The number of hydrogen-bond donors (Lipinski definition) is 3. The molecule has 3 N–H and O–H groups in total. The number of ether oxygens (including phenoxy) is 1. The number of carboxylic acid groups (broad SMARTS) is 1. The van der Waals surface area contributed by atoms with Crippen molar-refractivity contribution in [3.05, 3.63) is 59.7 Å². The van der Waals surface area contributed by atoms with Gasteiger partial charge in [0, 0.05) is 18.4 Å². The van der Waals surface area contributed by atoms with Crippen molar-refractivity contribution in [3.63, 3.8) is 0 Å². The number of hydrogen-bond acceptors (Lipinski definition) is 4. The van der Waals surface area contributed by atoms with Crippen LogP contribution in [0, 0.1) is 5.92 Å². The minimum absolute atomic E-state index is 0.0473. The van der Waals surface area contributed by atoms with Gasteiger partial charge in [0.15, 0.2) is 0 Å². The number of halogens is 3. The Balaban J connectivity index is 1.61. The Labute approximate surface area is 200 Å². The minimum atomic E-state index is -4.92. The van der Waals surface area contributed by atoms with Crippen molar-refractivity contribution in [2.24, 2.45) is 5.92 Å². The fourth-order valence-corrected chi connectivity index (χ4v) is 4.12. The number of nitrogens with one attached hydrogen (secondary N) is 2. The van der Waals surface area contributed by atoms with Crippen molar-refractivity contribution < 1.29 is 37.4 Å². The van der Waals surface area contributed by atoms with E-state index >= 15 is 0 Å². The maximum absolute atomic E-state index is 13.0. The maximum Gasteiger partial charge on any atom is 0.409 e. The van der Waals surface area contributed by atoms with E-state index in [1.807, 2.05) is 48.5 Å². The number of carbonyl (C=O) groups is 3. The SMILES string of the molecule is CC(C)[C@@H](CC(=O)NC(CC(=O)O)C(F)(F)F)NC(=O)OCC1c2ccccc2-c2ccccc21. The van der Waals surface area contributed by atoms with E-state index in [9.17, 15) is 27.6 Å². The zero-order valence-corrected chi connectivity index (χ0v) is 19.3. The first-order chi connectivity index (χ1) is 16.5. The molecular formula is C25H27F3N2O5. The number of amides is 2. The molecule has 0 aliphatic heterocycles. The lowest BCUT2D eigenvalue weighted by molar-refractivity contribution is -0.170. The fourth-order valence-electron chi connectivity index (χ4n) is 4.12. The summed E-state index contributed by atoms with van der Waals surface area (Å²) in [6.45, 7) is 3.44. The van der Waals surface area contributed by atoms with E-state index in [4.69, 9.17) is 9.84 Å². The Morgan fingerprint density at radius 1 is 0.943 bits per heavy atom. The summed E-state index contributed by atoms with van der Waals surface area (Å²) in [7, 11) is 0. The molecule has 2 aromatic rings. The average molecular weight is 492 g/mol. The number of alkyl halides is 3. The van der Waals surface area contributed by atoms with Crippen LogP contribution < -0.4 is 10.6 Å². The van der Waals surface area contributed by atoms with E-state index < -0.39 is 49.1 Å². The molecule has 0 aromatic heterocycles. The minimum Gasteiger partial charge on any atom is -0.481 e. The van der Waals surface area contributed by atoms with E-state index in [1.165, 1.54) is 0 Å². The van der Waals surface area contributed by atoms with Gasteiger partial charge in [0.2, 0.25) is 5.91 Å². The van der Waals surface area contributed by atoms with E-state index in [0.717, 1.165) is 22.3 Å². The molecule has 0 fully saturated rings. The molecular weight excluding hydrogens is 465 g/mol. The van der Waals surface area contributed by atoms with Crippen molar-refractivity contribution in [1.29, 1.82) is 0 Å². The highest BCUT2D eigenvalue weighted by Gasteiger charge is 2.42. The fraction of sp³-hybridized carbons (Fsp3) is 0.400. The van der Waals surface area contributed by atoms with Crippen LogP contribution in [0.2, 0.25) is 0 Å². The monoisotopic (exact) mass is 492 g/mol. The molecule has 1 aliphatic rings. The average Bonchev–Trinajstić information content (AvgIpc) is 3.09. The molecule has 3 rings (SSSR count). The predicted octanol–water partition coefficient (Wildman–Crippen LogP) is 4.46. The van der Waals surface area contributed by atoms with Crippen LogP contribution in [0.3, 0.4) is 0 Å². The molecule has 7 nitrogen and oxygen atoms in total. The molecule has 1 unspecified atom stereocenters. The van der Waals surface area contributed by atoms with Gasteiger partial charge in [-0.3, -0.25) is 9.59 Å². The van der Waals surface area contributed by atoms with Crippen LogP contribution in [0.4, 0.5) is 18.0 Å². The highest BCUT2D eigenvalue weighted by molar-refractivity contribution is 5.80. The van der Waals surface area contributed by atoms with E-state index in [0.29, 0.717) is 0 Å². The van der Waals surface area contributed by atoms with Crippen LogP contribution >= 0.6 is 0 Å². The van der Waals surface area contributed by atoms with Crippen LogP contribution in [-0.2, 0) is 14.3 Å². The number of alkyl carbamates (subject to hydrolysis) is 1. The second-order valence-electron chi connectivity index (χ2n) is 8.78. The quantitative estimate of drug-likeness (QED) is 0.479. The Morgan fingerprint density at radius 2 is 1.49 bits per heavy atom. The Bertz CT molecular complexity index is 1040. The van der Waals surface area contributed by atoms with Gasteiger partial charge in [-0.25, -0.2) is 4.79 Å². The van der Waals surface area contributed by atoms with E-state index in [1.54, 1.807) is 19.2 Å². The van der Waals surface area contributed by atoms with E-state index in [-0.39, 0.29) is 18.4 Å². The summed E-state index contributed by atoms with van der Waals surface area (Å²) < 4.78 is 44.6. The molecule has 1 aliphatic carbocycles. The smallest absolute Gasteiger partial charge is 0.409 e. The molecule has 35 heavy (non-hydrogen) atoms. The highest BCUT2D eigenvalue weighted by atomic mass is 19.4. The standard InChI is InChI=1S/C25H27F3N2O5/c1-14(2)20(11-22(31)30-21(12-23(32)33)25(26,27)28)29-24(34)35-13-19-17-9-5-3-7-15(17)16-8-4-6-10-18(16)19/h3-10,14,19-21H,11-13H2,1-2H3,(H,29,34)(H,30,31)(H,32,33)/t20-,21?/m1/s1. The van der Waals surface area contributed by atoms with Crippen LogP contribution in [-0.4, -0.2) is 47.9 Å². The second-order valence-corrected chi connectivity index (χ2v) is 8.78. The first-order valence-corrected chi connectivity index (χ1v) is 11.2. The summed E-state index contributed by atoms with van der Waals surface area (Å²) in [5.41, 5.74) is 4.18. The topological polar surface area (TPSA) is 105 Å². The van der Waals surface area contributed by atoms with Gasteiger partial charge in [-0.05, 0) is 28.2 Å². The van der Waals surface area contributed by atoms with Crippen LogP contribution in [0.15, 0.2) is 48.5 Å². The number of benzene rings is 2. The van der Waals surface area contributed by atoms with Crippen LogP contribution in [0.25, 0.3) is 11.1 Å². The van der Waals surface area contributed by atoms with Gasteiger partial charge in [-0.2, -0.15) is 13.2 Å². The number of carbonyl (C=O) groups excluding carboxylic acids is 2. The summed E-state index contributed by atoms with van der Waals surface area (Å²) in [4.78, 5) is 35.5. The molecule has 0 radical (unpaired) electrons. The summed E-state index contributed by atoms with van der Waals surface area (Å²) in [5.74, 6) is -3.18. The summed E-state index contributed by atoms with van der Waals surface area (Å²) in [5, 5.41) is 13.0. The first-order valence-electron chi connectivity index (χ1n) is 11.2. The zero-order chi connectivity index (χ0) is 25.8. The van der Waals surface area contributed by atoms with Crippen molar-refractivity contribution in [3.8, 4) is 11.1 Å². The summed E-state index contributed by atoms with van der Waals surface area (Å²) in [6.07, 6.45) is -7.46. The largest absolute Gasteiger partial charge is 0.481 e. The first kappa shape index (κ1) is 26.1. The third-order valence-electron chi connectivity index (χ3n) is 5.97. The van der Waals surface area contributed by atoms with Gasteiger partial charge in [-0.1, -0.05) is 62.4 Å². The summed E-state index contributed by atoms with van der Waals surface area (Å²) in [6, 6.07) is 12.3. The lowest BCUT2D eigenvalue weighted by atomic mass is 9.98. The third kappa shape index (κ3) is 6.52. The lowest BCUT2D eigenvalue weighted by Crippen LogP contribution is -2.49. The van der Waals surface area contributed by atoms with E-state index in [2.05, 4.69) is 5.32 Å². The molecule has 0 heterocycles. The Kier molecular flexibility index (Phi) is 8.03. The molecule has 0 spiro atoms. The number of rotatable bonds is 9. The molecule has 2 aromatic carbocycles. The second kappa shape index (κ2) is 10.8. The van der Waals surface area contributed by atoms with Gasteiger partial charge in [0.05, 0.1) is 6.42 Å². The van der Waals surface area contributed by atoms with Crippen LogP contribution in [0.1, 0.15) is 43.7 Å². The molecule has 2 amide bonds. The predicted molar refractivity (Wildman–Crippen MR) is 122 cm³/mol. The highest BCUT2D eigenvalue weighted by Crippen LogP contribution is 2.44. The lowest BCUT2D eigenvalue weighted by Gasteiger charge is -2.25. The molecule has 0 saturated carbocycles. The zero-order valence-electron chi connectivity index (χ0n) is 19.3. The summed E-state index contributed by atoms with van der Waals surface area (Å²) >= 11 is 0. The van der Waals surface area contributed by atoms with Gasteiger partial charge in [0.25, 0.3) is 0 Å². The van der Waals surface area contributed by atoms with Crippen molar-refractivity contribution in [1.82, 2.24) is 10.6 Å². The van der Waals surface area contributed by atoms with Crippen molar-refractivity contribution in [2.45, 2.75) is 50.9 Å². The Hall–Kier alpha value is -3.56. The normalized spacial score (nSPS) is 14.6. The number of aliphatic carboxylic acids is 1. The van der Waals surface area contributed by atoms with Gasteiger partial charge in [0.1, 0.15) is 12.6 Å².